The third kappa shape index (κ3) is 6.74. The summed E-state index contributed by atoms with van der Waals surface area (Å²) in [5.41, 5.74) is 7.22. The van der Waals surface area contributed by atoms with Gasteiger partial charge in [0.25, 0.3) is 6.43 Å². The van der Waals surface area contributed by atoms with Crippen molar-refractivity contribution < 1.29 is 13.5 Å². The summed E-state index contributed by atoms with van der Waals surface area (Å²) >= 11 is 0. The smallest absolute Gasteiger partial charge is 0.251 e. The molecule has 0 aliphatic rings. The Kier molecular flexibility index (Phi) is 8.62. The van der Waals surface area contributed by atoms with Crippen molar-refractivity contribution in [3.05, 3.63) is 29.8 Å². The highest BCUT2D eigenvalue weighted by Crippen LogP contribution is 2.10. The Hall–Kier alpha value is -0.910. The molecule has 0 amide bonds. The van der Waals surface area contributed by atoms with E-state index in [-0.39, 0.29) is 19.0 Å². The second-order valence-electron chi connectivity index (χ2n) is 3.86. The zero-order valence-corrected chi connectivity index (χ0v) is 11.1. The van der Waals surface area contributed by atoms with Gasteiger partial charge < -0.3 is 10.5 Å². The lowest BCUT2D eigenvalue weighted by Gasteiger charge is -2.21. The first-order chi connectivity index (χ1) is 8.11. The third-order valence-electron chi connectivity index (χ3n) is 2.37. The molecule has 0 unspecified atom stereocenters. The third-order valence-corrected chi connectivity index (χ3v) is 2.37. The summed E-state index contributed by atoms with van der Waals surface area (Å²) in [6.07, 6.45) is -2.34. The van der Waals surface area contributed by atoms with Gasteiger partial charge in [0, 0.05) is 25.9 Å². The van der Waals surface area contributed by atoms with Crippen molar-refractivity contribution in [1.82, 2.24) is 4.90 Å². The molecule has 0 aliphatic heterocycles. The second-order valence-corrected chi connectivity index (χ2v) is 3.86. The molecule has 0 aromatic heterocycles. The molecule has 0 radical (unpaired) electrons. The molecule has 0 aliphatic carbocycles. The van der Waals surface area contributed by atoms with Gasteiger partial charge in [0.05, 0.1) is 13.2 Å². The number of alkyl halides is 2. The van der Waals surface area contributed by atoms with Gasteiger partial charge in [-0.1, -0.05) is 12.1 Å². The van der Waals surface area contributed by atoms with Gasteiger partial charge in [-0.3, -0.25) is 4.90 Å². The zero-order chi connectivity index (χ0) is 12.7. The average molecular weight is 281 g/mol. The molecule has 1 aromatic rings. The molecular formula is C12H19ClF2N2O. The van der Waals surface area contributed by atoms with E-state index in [1.54, 1.807) is 24.1 Å². The highest BCUT2D eigenvalue weighted by atomic mass is 35.5. The summed E-state index contributed by atoms with van der Waals surface area (Å²) in [6.45, 7) is 1.13. The van der Waals surface area contributed by atoms with Crippen LogP contribution in [-0.2, 0) is 11.3 Å². The van der Waals surface area contributed by atoms with E-state index in [0.717, 1.165) is 5.56 Å². The molecular weight excluding hydrogens is 262 g/mol. The maximum Gasteiger partial charge on any atom is 0.251 e. The lowest BCUT2D eigenvalue weighted by atomic mass is 10.2. The Labute approximate surface area is 112 Å². The minimum absolute atomic E-state index is 0. The molecule has 1 rings (SSSR count). The van der Waals surface area contributed by atoms with Gasteiger partial charge in [-0.2, -0.15) is 0 Å². The normalized spacial score (nSPS) is 10.7. The van der Waals surface area contributed by atoms with Crippen LogP contribution < -0.4 is 5.73 Å². The van der Waals surface area contributed by atoms with Crippen molar-refractivity contribution in [2.45, 2.75) is 13.0 Å². The van der Waals surface area contributed by atoms with Crippen molar-refractivity contribution in [3.63, 3.8) is 0 Å². The van der Waals surface area contributed by atoms with Crippen LogP contribution in [0.5, 0.6) is 0 Å². The lowest BCUT2D eigenvalue weighted by molar-refractivity contribution is 0.0671. The monoisotopic (exact) mass is 280 g/mol. The van der Waals surface area contributed by atoms with E-state index in [4.69, 9.17) is 10.5 Å². The Morgan fingerprint density at radius 1 is 1.39 bits per heavy atom. The largest absolute Gasteiger partial charge is 0.399 e. The minimum atomic E-state index is -2.34. The number of rotatable bonds is 7. The van der Waals surface area contributed by atoms with Gasteiger partial charge in [-0.05, 0) is 17.7 Å². The van der Waals surface area contributed by atoms with Crippen LogP contribution in [0.1, 0.15) is 5.56 Å². The Bertz CT molecular complexity index is 340. The Balaban J connectivity index is 0.00000289. The van der Waals surface area contributed by atoms with Crippen LogP contribution in [0.25, 0.3) is 0 Å². The van der Waals surface area contributed by atoms with Crippen LogP contribution in [0.15, 0.2) is 24.3 Å². The van der Waals surface area contributed by atoms with E-state index in [0.29, 0.717) is 25.4 Å². The fraction of sp³-hybridized carbons (Fsp3) is 0.500. The molecule has 2 N–H and O–H groups in total. The molecule has 0 saturated carbocycles. The standard InChI is InChI=1S/C12H18F2N2O.ClH/c1-17-6-5-16(9-12(13)14)8-10-3-2-4-11(15)7-10;/h2-4,7,12H,5-6,8-9,15H2,1H3;1H. The topological polar surface area (TPSA) is 38.5 Å². The number of halogens is 3. The van der Waals surface area contributed by atoms with E-state index in [1.807, 2.05) is 12.1 Å². The summed E-state index contributed by atoms with van der Waals surface area (Å²) in [5.74, 6) is 0. The molecule has 0 fully saturated rings. The van der Waals surface area contributed by atoms with Gasteiger partial charge in [0.15, 0.2) is 0 Å². The van der Waals surface area contributed by atoms with E-state index in [9.17, 15) is 8.78 Å². The molecule has 104 valence electrons. The maximum atomic E-state index is 12.4. The summed E-state index contributed by atoms with van der Waals surface area (Å²) < 4.78 is 29.7. The predicted molar refractivity (Wildman–Crippen MR) is 71.3 cm³/mol. The number of hydrogen-bond acceptors (Lipinski definition) is 3. The fourth-order valence-electron chi connectivity index (χ4n) is 1.60. The first-order valence-corrected chi connectivity index (χ1v) is 5.45. The quantitative estimate of drug-likeness (QED) is 0.780. The Morgan fingerprint density at radius 2 is 2.11 bits per heavy atom. The lowest BCUT2D eigenvalue weighted by Crippen LogP contribution is -2.31. The molecule has 0 spiro atoms. The predicted octanol–water partition coefficient (Wildman–Crippen LogP) is 2.40. The molecule has 0 bridgehead atoms. The molecule has 1 aromatic carbocycles. The summed E-state index contributed by atoms with van der Waals surface area (Å²) in [7, 11) is 1.56. The van der Waals surface area contributed by atoms with Crippen LogP contribution in [0.3, 0.4) is 0 Å². The van der Waals surface area contributed by atoms with Crippen molar-refractivity contribution >= 4 is 18.1 Å². The Morgan fingerprint density at radius 3 is 2.67 bits per heavy atom. The number of nitrogens with two attached hydrogens (primary N) is 1. The number of nitrogens with zero attached hydrogens (tertiary/aromatic N) is 1. The van der Waals surface area contributed by atoms with E-state index < -0.39 is 6.43 Å². The van der Waals surface area contributed by atoms with Gasteiger partial charge >= 0.3 is 0 Å². The number of methoxy groups -OCH3 is 1. The van der Waals surface area contributed by atoms with Crippen LogP contribution in [0, 0.1) is 0 Å². The fourth-order valence-corrected chi connectivity index (χ4v) is 1.60. The van der Waals surface area contributed by atoms with Crippen LogP contribution in [-0.4, -0.2) is 38.1 Å². The number of anilines is 1. The van der Waals surface area contributed by atoms with Crippen molar-refractivity contribution in [3.8, 4) is 0 Å². The van der Waals surface area contributed by atoms with Crippen LogP contribution >= 0.6 is 12.4 Å². The van der Waals surface area contributed by atoms with E-state index in [2.05, 4.69) is 0 Å². The van der Waals surface area contributed by atoms with Crippen molar-refractivity contribution in [1.29, 1.82) is 0 Å². The first kappa shape index (κ1) is 17.1. The molecule has 0 heterocycles. The second kappa shape index (κ2) is 9.08. The van der Waals surface area contributed by atoms with E-state index in [1.165, 1.54) is 0 Å². The van der Waals surface area contributed by atoms with Gasteiger partial charge in [0.2, 0.25) is 0 Å². The van der Waals surface area contributed by atoms with Gasteiger partial charge in [-0.15, -0.1) is 12.4 Å². The summed E-state index contributed by atoms with van der Waals surface area (Å²) in [6, 6.07) is 7.27. The van der Waals surface area contributed by atoms with Gasteiger partial charge in [-0.25, -0.2) is 8.78 Å². The average Bonchev–Trinajstić information content (AvgIpc) is 2.25. The zero-order valence-electron chi connectivity index (χ0n) is 10.3. The maximum absolute atomic E-state index is 12.4. The van der Waals surface area contributed by atoms with Crippen LogP contribution in [0.4, 0.5) is 14.5 Å². The van der Waals surface area contributed by atoms with Gasteiger partial charge in [0.1, 0.15) is 0 Å². The highest BCUT2D eigenvalue weighted by Gasteiger charge is 2.12. The van der Waals surface area contributed by atoms with Crippen molar-refractivity contribution in [2.24, 2.45) is 0 Å². The molecule has 3 nitrogen and oxygen atoms in total. The molecule has 6 heteroatoms. The number of hydrogen-bond donors (Lipinski definition) is 1. The first-order valence-electron chi connectivity index (χ1n) is 5.45. The molecule has 0 saturated heterocycles. The summed E-state index contributed by atoms with van der Waals surface area (Å²) in [4.78, 5) is 1.66. The number of ether oxygens (including phenoxy) is 1. The highest BCUT2D eigenvalue weighted by molar-refractivity contribution is 5.85. The summed E-state index contributed by atoms with van der Waals surface area (Å²) in [5, 5.41) is 0. The molecule has 0 atom stereocenters. The van der Waals surface area contributed by atoms with Crippen molar-refractivity contribution in [2.75, 3.05) is 32.5 Å². The minimum Gasteiger partial charge on any atom is -0.399 e. The molecule has 18 heavy (non-hydrogen) atoms. The van der Waals surface area contributed by atoms with E-state index >= 15 is 0 Å². The van der Waals surface area contributed by atoms with Crippen LogP contribution in [0.2, 0.25) is 0 Å². The SMILES string of the molecule is COCCN(Cc1cccc(N)c1)CC(F)F.Cl. The number of benzene rings is 1. The number of nitrogen functional groups attached to an aromatic ring is 1.